The quantitative estimate of drug-likeness (QED) is 0.346. The van der Waals surface area contributed by atoms with Gasteiger partial charge in [0.1, 0.15) is 6.61 Å². The van der Waals surface area contributed by atoms with Crippen LogP contribution in [0.2, 0.25) is 0 Å². The van der Waals surface area contributed by atoms with Gasteiger partial charge < -0.3 is 9.47 Å². The molecule has 0 amide bonds. The van der Waals surface area contributed by atoms with Gasteiger partial charge in [-0.05, 0) is 38.0 Å². The topological polar surface area (TPSA) is 99.1 Å². The van der Waals surface area contributed by atoms with Crippen molar-refractivity contribution >= 4 is 16.1 Å². The van der Waals surface area contributed by atoms with Crippen LogP contribution in [-0.4, -0.2) is 61.1 Å². The summed E-state index contributed by atoms with van der Waals surface area (Å²) in [6.45, 7) is -4.08. The third-order valence-electron chi connectivity index (χ3n) is 7.10. The Bertz CT molecular complexity index is 937. The second kappa shape index (κ2) is 6.91. The van der Waals surface area contributed by atoms with Crippen LogP contribution in [0.15, 0.2) is 0 Å². The molecule has 0 aromatic heterocycles. The molecule has 5 fully saturated rings. The number of halogens is 8. The summed E-state index contributed by atoms with van der Waals surface area (Å²) >= 11 is 0. The molecule has 1 spiro atoms. The lowest BCUT2D eigenvalue weighted by Crippen LogP contribution is -2.66. The number of esters is 1. The van der Waals surface area contributed by atoms with Crippen LogP contribution < -0.4 is 0 Å². The van der Waals surface area contributed by atoms with E-state index in [0.29, 0.717) is 0 Å². The minimum Gasteiger partial charge on any atom is -0.458 e. The van der Waals surface area contributed by atoms with E-state index in [9.17, 15) is 48.3 Å². The second-order valence-corrected chi connectivity index (χ2v) is 10.8. The Balaban J connectivity index is 1.60. The van der Waals surface area contributed by atoms with Crippen LogP contribution in [0.3, 0.4) is 0 Å². The normalized spacial score (nSPS) is 41.1. The number of ether oxygens (including phenoxy) is 3. The molecule has 5 aliphatic rings. The summed E-state index contributed by atoms with van der Waals surface area (Å²) in [5.41, 5.74) is -1.59. The van der Waals surface area contributed by atoms with Crippen molar-refractivity contribution in [1.29, 1.82) is 0 Å². The van der Waals surface area contributed by atoms with Crippen LogP contribution in [0.5, 0.6) is 0 Å². The van der Waals surface area contributed by atoms with Crippen molar-refractivity contribution in [3.05, 3.63) is 0 Å². The first-order valence-electron chi connectivity index (χ1n) is 9.78. The second-order valence-electron chi connectivity index (χ2n) is 9.22. The van der Waals surface area contributed by atoms with Crippen molar-refractivity contribution in [2.24, 2.45) is 23.2 Å². The summed E-state index contributed by atoms with van der Waals surface area (Å²) in [4.78, 5) is 12.6. The maximum Gasteiger partial charge on any atom is 0.428 e. The SMILES string of the molecule is O=C(OCC(F)(F)S(=O)(=O)O)C12CC3CC(C1)C1(OCC(F)(F)C(F)(F)C(F)(F)O1)C(C3)C2. The van der Waals surface area contributed by atoms with Crippen molar-refractivity contribution in [3.63, 3.8) is 0 Å². The van der Waals surface area contributed by atoms with Crippen molar-refractivity contribution in [3.8, 4) is 0 Å². The van der Waals surface area contributed by atoms with Crippen LogP contribution in [0, 0.1) is 23.2 Å². The number of hydrogen-bond donors (Lipinski definition) is 1. The van der Waals surface area contributed by atoms with Crippen molar-refractivity contribution < 1.29 is 67.1 Å². The van der Waals surface area contributed by atoms with E-state index < -0.39 is 94.3 Å². The highest BCUT2D eigenvalue weighted by atomic mass is 32.2. The molecule has 1 heterocycles. The predicted molar refractivity (Wildman–Crippen MR) is 88.1 cm³/mol. The molecule has 1 aliphatic heterocycles. The van der Waals surface area contributed by atoms with E-state index in [0.717, 1.165) is 0 Å². The van der Waals surface area contributed by atoms with E-state index in [1.165, 1.54) is 0 Å². The Morgan fingerprint density at radius 1 is 1.03 bits per heavy atom. The third kappa shape index (κ3) is 3.45. The van der Waals surface area contributed by atoms with Crippen LogP contribution in [-0.2, 0) is 29.1 Å². The van der Waals surface area contributed by atoms with Crippen molar-refractivity contribution in [2.45, 2.75) is 61.1 Å². The molecule has 2 atom stereocenters. The molecule has 16 heteroatoms. The molecule has 0 aromatic rings. The average Bonchev–Trinajstić information content (AvgIpc) is 2.71. The van der Waals surface area contributed by atoms with Gasteiger partial charge in [-0.3, -0.25) is 14.1 Å². The first kappa shape index (κ1) is 24.9. The number of carbonyl (C=O) groups excluding carboxylic acids is 1. The average molecular weight is 518 g/mol. The molecular formula is C17H18F8O7S. The minimum absolute atomic E-state index is 0.0000676. The predicted octanol–water partition coefficient (Wildman–Crippen LogP) is 3.44. The van der Waals surface area contributed by atoms with Gasteiger partial charge in [0.15, 0.2) is 12.4 Å². The molecule has 7 nitrogen and oxygen atoms in total. The standard InChI is InChI=1S/C17H18F8O7S/c18-13(19)6-31-15(32-17(24,25)16(13,22)23)9-1-8-2-10(15)5-12(3-8,4-9)11(26)30-7-14(20,21)33(27,28)29/h8-10H,1-7H2,(H,27,28,29). The fourth-order valence-electron chi connectivity index (χ4n) is 5.76. The van der Waals surface area contributed by atoms with Crippen LogP contribution >= 0.6 is 0 Å². The molecule has 4 aliphatic carbocycles. The van der Waals surface area contributed by atoms with Gasteiger partial charge >= 0.3 is 39.3 Å². The Kier molecular flexibility index (Phi) is 5.20. The van der Waals surface area contributed by atoms with Gasteiger partial charge in [0.05, 0.1) is 5.41 Å². The lowest BCUT2D eigenvalue weighted by molar-refractivity contribution is -0.452. The highest BCUT2D eigenvalue weighted by Crippen LogP contribution is 2.67. The van der Waals surface area contributed by atoms with E-state index in [4.69, 9.17) is 9.29 Å². The number of carbonyl (C=O) groups is 1. The maximum absolute atomic E-state index is 14.2. The highest BCUT2D eigenvalue weighted by Gasteiger charge is 2.80. The fourth-order valence-corrected chi connectivity index (χ4v) is 5.96. The van der Waals surface area contributed by atoms with Crippen LogP contribution in [0.25, 0.3) is 0 Å². The Morgan fingerprint density at radius 3 is 2.09 bits per heavy atom. The maximum atomic E-state index is 14.2. The van der Waals surface area contributed by atoms with E-state index >= 15 is 0 Å². The van der Waals surface area contributed by atoms with E-state index in [1.54, 1.807) is 0 Å². The smallest absolute Gasteiger partial charge is 0.428 e. The Hall–Kier alpha value is -1.26. The summed E-state index contributed by atoms with van der Waals surface area (Å²) < 4.78 is 154. The summed E-state index contributed by atoms with van der Waals surface area (Å²) in [5.74, 6) is -17.9. The van der Waals surface area contributed by atoms with Crippen molar-refractivity contribution in [2.75, 3.05) is 13.2 Å². The molecule has 33 heavy (non-hydrogen) atoms. The largest absolute Gasteiger partial charge is 0.458 e. The molecule has 190 valence electrons. The monoisotopic (exact) mass is 518 g/mol. The van der Waals surface area contributed by atoms with E-state index in [2.05, 4.69) is 9.47 Å². The zero-order valence-electron chi connectivity index (χ0n) is 16.5. The van der Waals surface area contributed by atoms with Crippen LogP contribution in [0.1, 0.15) is 32.1 Å². The third-order valence-corrected chi connectivity index (χ3v) is 7.97. The van der Waals surface area contributed by atoms with Crippen LogP contribution in [0.4, 0.5) is 35.1 Å². The summed E-state index contributed by atoms with van der Waals surface area (Å²) in [6.07, 6.45) is -6.45. The number of hydrogen-bond acceptors (Lipinski definition) is 6. The number of rotatable bonds is 4. The zero-order chi connectivity index (χ0) is 24.9. The van der Waals surface area contributed by atoms with E-state index in [-0.39, 0.29) is 19.3 Å². The van der Waals surface area contributed by atoms with Gasteiger partial charge in [0.2, 0.25) is 0 Å². The molecular weight excluding hydrogens is 500 g/mol. The molecule has 2 unspecified atom stereocenters. The fraction of sp³-hybridized carbons (Fsp3) is 0.941. The van der Waals surface area contributed by atoms with Gasteiger partial charge in [-0.2, -0.15) is 43.5 Å². The molecule has 0 radical (unpaired) electrons. The van der Waals surface area contributed by atoms with Gasteiger partial charge in [0, 0.05) is 11.8 Å². The lowest BCUT2D eigenvalue weighted by Gasteiger charge is -2.62. The van der Waals surface area contributed by atoms with Crippen molar-refractivity contribution in [1.82, 2.24) is 0 Å². The van der Waals surface area contributed by atoms with Gasteiger partial charge in [-0.25, -0.2) is 0 Å². The van der Waals surface area contributed by atoms with Gasteiger partial charge in [-0.1, -0.05) is 0 Å². The van der Waals surface area contributed by atoms with Gasteiger partial charge in [0.25, 0.3) is 0 Å². The summed E-state index contributed by atoms with van der Waals surface area (Å²) in [5, 5.41) is -4.81. The highest BCUT2D eigenvalue weighted by molar-refractivity contribution is 7.86. The molecule has 4 saturated carbocycles. The molecule has 4 bridgehead atoms. The molecule has 0 aromatic carbocycles. The summed E-state index contributed by atoms with van der Waals surface area (Å²) in [7, 11) is -5.89. The van der Waals surface area contributed by atoms with Gasteiger partial charge in [-0.15, -0.1) is 0 Å². The zero-order valence-corrected chi connectivity index (χ0v) is 17.3. The molecule has 1 N–H and O–H groups in total. The molecule has 5 rings (SSSR count). The molecule has 1 saturated heterocycles. The number of alkyl halides is 8. The first-order chi connectivity index (χ1) is 14.8. The first-order valence-corrected chi connectivity index (χ1v) is 11.2. The summed E-state index contributed by atoms with van der Waals surface area (Å²) in [6, 6.07) is 0. The Labute approximate surface area is 181 Å². The Morgan fingerprint density at radius 2 is 1.58 bits per heavy atom. The minimum atomic E-state index is -5.89. The van der Waals surface area contributed by atoms with E-state index in [1.807, 2.05) is 0 Å². The lowest BCUT2D eigenvalue weighted by atomic mass is 9.47.